The van der Waals surface area contributed by atoms with Gasteiger partial charge in [0.2, 0.25) is 0 Å². The molecule has 0 saturated carbocycles. The first-order chi connectivity index (χ1) is 12.1. The fourth-order valence-electron chi connectivity index (χ4n) is 3.47. The maximum atomic E-state index is 11.8. The first kappa shape index (κ1) is 17.9. The zero-order valence-electron chi connectivity index (χ0n) is 14.7. The van der Waals surface area contributed by atoms with E-state index in [9.17, 15) is 4.79 Å². The van der Waals surface area contributed by atoms with Crippen molar-refractivity contribution in [3.05, 3.63) is 16.7 Å². The number of fused-ring (bicyclic) bond motifs is 1. The number of benzene rings is 1. The van der Waals surface area contributed by atoms with Crippen molar-refractivity contribution in [2.75, 3.05) is 26.2 Å². The molecule has 1 fully saturated rings. The Kier molecular flexibility index (Phi) is 5.44. The van der Waals surface area contributed by atoms with Crippen LogP contribution in [-0.4, -0.2) is 52.0 Å². The van der Waals surface area contributed by atoms with Crippen molar-refractivity contribution in [2.24, 2.45) is 5.73 Å². The summed E-state index contributed by atoms with van der Waals surface area (Å²) in [7, 11) is 0. The number of carbonyl (C=O) groups excluding carboxylic acids is 1. The minimum atomic E-state index is -0.589. The first-order valence-corrected chi connectivity index (χ1v) is 9.16. The van der Waals surface area contributed by atoms with E-state index in [0.29, 0.717) is 28.4 Å². The zero-order valence-corrected chi connectivity index (χ0v) is 15.4. The molecule has 1 saturated heterocycles. The molecule has 7 nitrogen and oxygen atoms in total. The van der Waals surface area contributed by atoms with Crippen LogP contribution >= 0.6 is 11.6 Å². The molecule has 2 aromatic rings. The molecule has 0 bridgehead atoms. The number of nitrogens with zero attached hydrogens (tertiary/aromatic N) is 4. The van der Waals surface area contributed by atoms with Crippen molar-refractivity contribution in [3.63, 3.8) is 0 Å². The topological polar surface area (TPSA) is 86.3 Å². The summed E-state index contributed by atoms with van der Waals surface area (Å²) in [5, 5.41) is 9.05. The number of nitrogens with two attached hydrogens (primary N) is 1. The molecule has 1 atom stereocenters. The summed E-state index contributed by atoms with van der Waals surface area (Å²) in [6.07, 6.45) is 3.34. The van der Waals surface area contributed by atoms with E-state index in [-0.39, 0.29) is 11.6 Å². The molecular weight excluding hydrogens is 342 g/mol. The number of amides is 1. The van der Waals surface area contributed by atoms with E-state index in [4.69, 9.17) is 22.1 Å². The number of ether oxygens (including phenoxy) is 1. The lowest BCUT2D eigenvalue weighted by molar-refractivity contribution is 0.0997. The van der Waals surface area contributed by atoms with Gasteiger partial charge in [-0.1, -0.05) is 30.2 Å². The second kappa shape index (κ2) is 7.58. The first-order valence-electron chi connectivity index (χ1n) is 8.79. The molecule has 2 heterocycles. The van der Waals surface area contributed by atoms with E-state index < -0.39 is 5.91 Å². The van der Waals surface area contributed by atoms with Crippen LogP contribution in [0.1, 0.15) is 49.5 Å². The number of likely N-dealkylation sites (N-methyl/N-ethyl adjacent to an activating group) is 1. The van der Waals surface area contributed by atoms with Crippen molar-refractivity contribution in [1.82, 2.24) is 19.9 Å². The third-order valence-corrected chi connectivity index (χ3v) is 5.02. The Morgan fingerprint density at radius 1 is 1.44 bits per heavy atom. The Labute approximate surface area is 152 Å². The van der Waals surface area contributed by atoms with Gasteiger partial charge in [-0.25, -0.2) is 4.68 Å². The van der Waals surface area contributed by atoms with Crippen LogP contribution in [-0.2, 0) is 0 Å². The van der Waals surface area contributed by atoms with E-state index in [1.54, 1.807) is 6.07 Å². The lowest BCUT2D eigenvalue weighted by Crippen LogP contribution is -2.30. The predicted octanol–water partition coefficient (Wildman–Crippen LogP) is 2.63. The highest BCUT2D eigenvalue weighted by molar-refractivity contribution is 6.35. The maximum Gasteiger partial charge on any atom is 0.252 e. The Morgan fingerprint density at radius 2 is 2.24 bits per heavy atom. The van der Waals surface area contributed by atoms with Crippen LogP contribution in [0.5, 0.6) is 5.75 Å². The third kappa shape index (κ3) is 3.43. The van der Waals surface area contributed by atoms with Crippen molar-refractivity contribution in [1.29, 1.82) is 0 Å². The number of halogens is 1. The van der Waals surface area contributed by atoms with Crippen molar-refractivity contribution in [3.8, 4) is 5.75 Å². The quantitative estimate of drug-likeness (QED) is 0.880. The number of carbonyl (C=O) groups is 1. The largest absolute Gasteiger partial charge is 0.491 e. The van der Waals surface area contributed by atoms with Crippen LogP contribution in [0.2, 0.25) is 5.02 Å². The number of aromatic nitrogens is 3. The maximum absolute atomic E-state index is 11.8. The van der Waals surface area contributed by atoms with Gasteiger partial charge in [0, 0.05) is 6.54 Å². The molecule has 0 aliphatic carbocycles. The summed E-state index contributed by atoms with van der Waals surface area (Å²) in [5.74, 6) is -0.227. The van der Waals surface area contributed by atoms with Gasteiger partial charge in [-0.15, -0.1) is 5.10 Å². The Hall–Kier alpha value is -1.86. The molecule has 136 valence electrons. The molecule has 8 heteroatoms. The second-order valence-corrected chi connectivity index (χ2v) is 6.71. The number of rotatable bonds is 5. The molecule has 0 spiro atoms. The lowest BCUT2D eigenvalue weighted by atomic mass is 10.1. The van der Waals surface area contributed by atoms with Crippen LogP contribution in [0.3, 0.4) is 0 Å². The monoisotopic (exact) mass is 365 g/mol. The minimum Gasteiger partial charge on any atom is -0.491 e. The van der Waals surface area contributed by atoms with Gasteiger partial charge >= 0.3 is 0 Å². The van der Waals surface area contributed by atoms with Crippen LogP contribution in [0.15, 0.2) is 6.07 Å². The SMILES string of the molecule is CCOc1c(C(N)=O)cc(Cl)c2c1nnn2C1CCCCN(CC)C1. The van der Waals surface area contributed by atoms with E-state index in [0.717, 1.165) is 32.5 Å². The molecule has 1 aliphatic heterocycles. The average Bonchev–Trinajstić information content (AvgIpc) is 2.90. The van der Waals surface area contributed by atoms with Gasteiger partial charge in [-0.3, -0.25) is 4.79 Å². The fraction of sp³-hybridized carbons (Fsp3) is 0.588. The molecule has 1 aliphatic rings. The number of primary amides is 1. The minimum absolute atomic E-state index is 0.193. The highest BCUT2D eigenvalue weighted by Gasteiger charge is 2.26. The van der Waals surface area contributed by atoms with Crippen LogP contribution < -0.4 is 10.5 Å². The highest BCUT2D eigenvalue weighted by atomic mass is 35.5. The third-order valence-electron chi connectivity index (χ3n) is 4.73. The molecule has 1 amide bonds. The summed E-state index contributed by atoms with van der Waals surface area (Å²) >= 11 is 6.48. The average molecular weight is 366 g/mol. The van der Waals surface area contributed by atoms with Crippen LogP contribution in [0.25, 0.3) is 11.0 Å². The summed E-state index contributed by atoms with van der Waals surface area (Å²) in [4.78, 5) is 14.2. The molecule has 2 N–H and O–H groups in total. The van der Waals surface area contributed by atoms with Crippen molar-refractivity contribution >= 4 is 28.5 Å². The Morgan fingerprint density at radius 3 is 2.92 bits per heavy atom. The number of hydrogen-bond donors (Lipinski definition) is 1. The standard InChI is InChI=1S/C17H24ClN5O2/c1-3-22-8-6-5-7-11(10-22)23-15-13(18)9-12(17(19)24)16(25-4-2)14(15)20-21-23/h9,11H,3-8,10H2,1-2H3,(H2,19,24). The molecule has 3 rings (SSSR count). The molecule has 25 heavy (non-hydrogen) atoms. The Balaban J connectivity index is 2.11. The second-order valence-electron chi connectivity index (χ2n) is 6.31. The number of hydrogen-bond acceptors (Lipinski definition) is 5. The van der Waals surface area contributed by atoms with Crippen LogP contribution in [0, 0.1) is 0 Å². The summed E-state index contributed by atoms with van der Waals surface area (Å²) in [6.45, 7) is 7.43. The van der Waals surface area contributed by atoms with Gasteiger partial charge in [0.05, 0.1) is 23.2 Å². The smallest absolute Gasteiger partial charge is 0.252 e. The highest BCUT2D eigenvalue weighted by Crippen LogP contribution is 2.36. The normalized spacial score (nSPS) is 19.1. The number of likely N-dealkylation sites (tertiary alicyclic amines) is 1. The molecule has 0 radical (unpaired) electrons. The summed E-state index contributed by atoms with van der Waals surface area (Å²) < 4.78 is 7.54. The van der Waals surface area contributed by atoms with Gasteiger partial charge in [-0.05, 0) is 38.9 Å². The Bertz CT molecular complexity index is 776. The van der Waals surface area contributed by atoms with Gasteiger partial charge in [0.25, 0.3) is 5.91 Å². The van der Waals surface area contributed by atoms with E-state index >= 15 is 0 Å². The van der Waals surface area contributed by atoms with Crippen LogP contribution in [0.4, 0.5) is 0 Å². The van der Waals surface area contributed by atoms with Gasteiger partial charge in [-0.2, -0.15) is 0 Å². The van der Waals surface area contributed by atoms with E-state index in [1.807, 2.05) is 11.6 Å². The summed E-state index contributed by atoms with van der Waals surface area (Å²) in [6, 6.07) is 1.75. The van der Waals surface area contributed by atoms with Crippen molar-refractivity contribution in [2.45, 2.75) is 39.2 Å². The van der Waals surface area contributed by atoms with Gasteiger partial charge in [0.15, 0.2) is 11.3 Å². The van der Waals surface area contributed by atoms with E-state index in [2.05, 4.69) is 22.1 Å². The summed E-state index contributed by atoms with van der Waals surface area (Å²) in [5.41, 5.74) is 6.91. The predicted molar refractivity (Wildman–Crippen MR) is 97.2 cm³/mol. The molecule has 1 aromatic heterocycles. The molecule has 1 unspecified atom stereocenters. The van der Waals surface area contributed by atoms with Crippen molar-refractivity contribution < 1.29 is 9.53 Å². The van der Waals surface area contributed by atoms with Gasteiger partial charge < -0.3 is 15.4 Å². The van der Waals surface area contributed by atoms with E-state index in [1.165, 1.54) is 6.42 Å². The molecular formula is C17H24ClN5O2. The lowest BCUT2D eigenvalue weighted by Gasteiger charge is -2.23. The fourth-order valence-corrected chi connectivity index (χ4v) is 3.75. The molecule has 1 aromatic carbocycles. The zero-order chi connectivity index (χ0) is 18.0. The van der Waals surface area contributed by atoms with Gasteiger partial charge in [0.1, 0.15) is 5.52 Å².